The number of carboxylic acid groups (broad SMARTS) is 1. The molecular formula is C44H85N6O19P. The Balaban J connectivity index is -0.000000424. The number of aliphatic carboxylic acids is 1. The van der Waals surface area contributed by atoms with E-state index in [0.717, 1.165) is 12.6 Å². The largest absolute Gasteiger partial charge is 0.481 e. The number of rotatable bonds is 36. The van der Waals surface area contributed by atoms with E-state index in [1.54, 1.807) is 14.0 Å². The monoisotopic (exact) mass is 1030 g/mol. The minimum absolute atomic E-state index is 0.0142. The fourth-order valence-electron chi connectivity index (χ4n) is 4.51. The number of alkyl carbamates (subject to hydrolysis) is 1. The first-order chi connectivity index (χ1) is 33.4. The van der Waals surface area contributed by atoms with Crippen LogP contribution in [0, 0.1) is 0 Å². The van der Waals surface area contributed by atoms with E-state index >= 15 is 0 Å². The second-order valence-electron chi connectivity index (χ2n) is 14.7. The van der Waals surface area contributed by atoms with Crippen molar-refractivity contribution in [1.29, 1.82) is 0 Å². The minimum atomic E-state index is -1.01. The van der Waals surface area contributed by atoms with Gasteiger partial charge in [-0.2, -0.15) is 0 Å². The van der Waals surface area contributed by atoms with Gasteiger partial charge in [-0.1, -0.05) is 36.3 Å². The first-order valence-electron chi connectivity index (χ1n) is 23.0. The zero-order valence-electron chi connectivity index (χ0n) is 42.9. The summed E-state index contributed by atoms with van der Waals surface area (Å²) in [6.45, 7) is 19.0. The van der Waals surface area contributed by atoms with Crippen LogP contribution in [-0.2, 0) is 71.5 Å². The van der Waals surface area contributed by atoms with Crippen LogP contribution < -0.4 is 26.6 Å². The number of ether oxygens (including phenoxy) is 8. The van der Waals surface area contributed by atoms with Crippen LogP contribution in [0.5, 0.6) is 0 Å². The molecule has 5 unspecified atom stereocenters. The van der Waals surface area contributed by atoms with E-state index in [1.165, 1.54) is 24.2 Å². The SMILES string of the molecule is CC.CCCN1C(=O)C=CC1=O.CCPC(CO)OC(COC)OC(C)(C)C.COC(COC(=O)NCCC(=O)O)OC(C)CO.O=CNCCOCCOCCC(=O)NCCNC(=O)CCNC=O. The predicted octanol–water partition coefficient (Wildman–Crippen LogP) is 0.236. The average molecular weight is 1030 g/mol. The molecule has 8 N–H and O–H groups in total. The van der Waals surface area contributed by atoms with E-state index in [0.29, 0.717) is 74.0 Å². The molecule has 1 heterocycles. The van der Waals surface area contributed by atoms with Crippen molar-refractivity contribution in [2.24, 2.45) is 0 Å². The molecule has 1 rings (SSSR count). The van der Waals surface area contributed by atoms with Crippen molar-refractivity contribution >= 4 is 57.1 Å². The maximum absolute atomic E-state index is 11.5. The molecule has 70 heavy (non-hydrogen) atoms. The summed E-state index contributed by atoms with van der Waals surface area (Å²) in [7, 11) is 3.57. The van der Waals surface area contributed by atoms with Crippen LogP contribution in [0.25, 0.3) is 0 Å². The second kappa shape index (κ2) is 50.9. The Morgan fingerprint density at radius 3 is 1.80 bits per heavy atom. The number of aliphatic hydroxyl groups is 2. The molecule has 0 aromatic rings. The molecule has 1 aliphatic heterocycles. The Kier molecular flexibility index (Phi) is 52.5. The van der Waals surface area contributed by atoms with Gasteiger partial charge in [0.05, 0.1) is 70.2 Å². The van der Waals surface area contributed by atoms with Crippen LogP contribution in [0.3, 0.4) is 0 Å². The third kappa shape index (κ3) is 50.0. The lowest BCUT2D eigenvalue weighted by atomic mass is 10.2. The summed E-state index contributed by atoms with van der Waals surface area (Å²) in [5, 5.41) is 38.7. The number of carbonyl (C=O) groups is 8. The first-order valence-corrected chi connectivity index (χ1v) is 24.3. The second-order valence-corrected chi connectivity index (χ2v) is 16.4. The standard InChI is InChI=1S/C14H26N4O6.C11H25O4P.C10H19NO7.C7H9NO2.C2H6/c19-11-15-3-1-13(21)17-4-5-18-14(22)2-7-23-9-10-24-8-6-16-12-20;1-6-16-10(7-12)14-9(8-13-5)15-11(2,3)4;1-7(5-12)18-9(16-2)6-17-10(15)11-4-3-8(13)14;1-2-5-8-6(9)3-4-7(8)10;1-2/h11-12H,1-10H2,(H,15,19)(H,16,20)(H,17,21)(H,18,22);9-10,12,16H,6-8H2,1-5H3;7,9,12H,3-6H2,1-2H3,(H,11,15)(H,13,14);3-4H,2,5H2,1H3;1-2H3. The van der Waals surface area contributed by atoms with E-state index < -0.39 is 30.7 Å². The summed E-state index contributed by atoms with van der Waals surface area (Å²) in [6, 6.07) is 0. The highest BCUT2D eigenvalue weighted by atomic mass is 31.1. The lowest BCUT2D eigenvalue weighted by molar-refractivity contribution is -0.222. The van der Waals surface area contributed by atoms with Crippen LogP contribution in [-0.4, -0.2) is 211 Å². The van der Waals surface area contributed by atoms with Gasteiger partial charge in [-0.25, -0.2) is 4.79 Å². The molecule has 26 heteroatoms. The van der Waals surface area contributed by atoms with Crippen LogP contribution in [0.4, 0.5) is 4.79 Å². The first kappa shape index (κ1) is 72.1. The number of nitrogens with zero attached hydrogens (tertiary/aromatic N) is 1. The lowest BCUT2D eigenvalue weighted by Crippen LogP contribution is -2.35. The average Bonchev–Trinajstić information content (AvgIpc) is 3.64. The van der Waals surface area contributed by atoms with Crippen molar-refractivity contribution in [2.75, 3.05) is 113 Å². The van der Waals surface area contributed by atoms with E-state index in [1.807, 2.05) is 41.5 Å². The van der Waals surface area contributed by atoms with Gasteiger partial charge in [0.25, 0.3) is 11.8 Å². The topological polar surface area (TPSA) is 334 Å². The van der Waals surface area contributed by atoms with Gasteiger partial charge in [0.15, 0.2) is 12.6 Å². The van der Waals surface area contributed by atoms with Crippen molar-refractivity contribution < 1.29 is 91.6 Å². The number of carbonyl (C=O) groups excluding carboxylic acids is 7. The Bertz CT molecular complexity index is 1380. The highest BCUT2D eigenvalue weighted by molar-refractivity contribution is 7.38. The molecule has 0 radical (unpaired) electrons. The maximum atomic E-state index is 11.5. The van der Waals surface area contributed by atoms with Crippen LogP contribution in [0.1, 0.15) is 81.1 Å². The number of amides is 7. The van der Waals surface area contributed by atoms with Gasteiger partial charge < -0.3 is 79.8 Å². The number of nitrogens with one attached hydrogen (secondary N) is 5. The molecule has 1 aliphatic rings. The fraction of sp³-hybridized carbons (Fsp3) is 0.773. The summed E-state index contributed by atoms with van der Waals surface area (Å²) in [5.74, 6) is -1.88. The molecule has 7 amide bonds. The molecule has 0 saturated heterocycles. The number of carboxylic acids is 1. The summed E-state index contributed by atoms with van der Waals surface area (Å²) < 4.78 is 41.6. The molecule has 5 atom stereocenters. The molecule has 410 valence electrons. The maximum Gasteiger partial charge on any atom is 0.407 e. The van der Waals surface area contributed by atoms with Crippen LogP contribution in [0.2, 0.25) is 0 Å². The fourth-order valence-corrected chi connectivity index (χ4v) is 5.34. The molecule has 25 nitrogen and oxygen atoms in total. The number of imide groups is 1. The molecule has 0 aliphatic carbocycles. The van der Waals surface area contributed by atoms with Crippen molar-refractivity contribution in [3.63, 3.8) is 0 Å². The quantitative estimate of drug-likeness (QED) is 0.0137. The summed E-state index contributed by atoms with van der Waals surface area (Å²) >= 11 is 0. The van der Waals surface area contributed by atoms with E-state index in [4.69, 9.17) is 53.2 Å². The minimum Gasteiger partial charge on any atom is -0.481 e. The van der Waals surface area contributed by atoms with Gasteiger partial charge in [0.2, 0.25) is 24.6 Å². The summed E-state index contributed by atoms with van der Waals surface area (Å²) in [5.41, 5.74) is -0.279. The zero-order valence-corrected chi connectivity index (χ0v) is 43.9. The normalized spacial score (nSPS) is 13.3. The Morgan fingerprint density at radius 1 is 0.743 bits per heavy atom. The molecule has 0 spiro atoms. The number of hydrogen-bond donors (Lipinski definition) is 8. The Labute approximate surface area is 415 Å². The molecule has 0 aromatic carbocycles. The van der Waals surface area contributed by atoms with Gasteiger partial charge in [-0.15, -0.1) is 0 Å². The highest BCUT2D eigenvalue weighted by Gasteiger charge is 2.23. The van der Waals surface area contributed by atoms with Crippen molar-refractivity contribution in [1.82, 2.24) is 31.5 Å². The van der Waals surface area contributed by atoms with Crippen molar-refractivity contribution in [3.05, 3.63) is 12.2 Å². The number of methoxy groups -OCH3 is 2. The lowest BCUT2D eigenvalue weighted by Gasteiger charge is -2.29. The van der Waals surface area contributed by atoms with Crippen molar-refractivity contribution in [2.45, 2.75) is 111 Å². The molecular weight excluding hydrogens is 947 g/mol. The summed E-state index contributed by atoms with van der Waals surface area (Å²) in [6.07, 6.45) is 3.43. The zero-order chi connectivity index (χ0) is 54.0. The third-order valence-corrected chi connectivity index (χ3v) is 8.76. The Hall–Kier alpha value is -4.43. The number of hydrogen-bond acceptors (Lipinski definition) is 18. The van der Waals surface area contributed by atoms with Gasteiger partial charge in [0, 0.05) is 78.5 Å². The molecule has 0 saturated carbocycles. The third-order valence-electron chi connectivity index (χ3n) is 7.58. The van der Waals surface area contributed by atoms with Crippen LogP contribution >= 0.6 is 8.58 Å². The van der Waals surface area contributed by atoms with Crippen LogP contribution in [0.15, 0.2) is 12.2 Å². The molecule has 0 bridgehead atoms. The van der Waals surface area contributed by atoms with Gasteiger partial charge in [-0.3, -0.25) is 38.5 Å². The van der Waals surface area contributed by atoms with E-state index in [2.05, 4.69) is 33.5 Å². The van der Waals surface area contributed by atoms with Gasteiger partial charge >= 0.3 is 12.1 Å². The van der Waals surface area contributed by atoms with Crippen molar-refractivity contribution in [3.8, 4) is 0 Å². The number of aliphatic hydroxyl groups excluding tert-OH is 2. The molecule has 0 aromatic heterocycles. The van der Waals surface area contributed by atoms with Gasteiger partial charge in [0.1, 0.15) is 6.61 Å². The Morgan fingerprint density at radius 2 is 1.31 bits per heavy atom. The highest BCUT2D eigenvalue weighted by Crippen LogP contribution is 2.23. The van der Waals surface area contributed by atoms with E-state index in [-0.39, 0.29) is 93.9 Å². The molecule has 0 fully saturated rings. The predicted molar refractivity (Wildman–Crippen MR) is 260 cm³/mol. The summed E-state index contributed by atoms with van der Waals surface area (Å²) in [4.78, 5) is 86.9. The van der Waals surface area contributed by atoms with Gasteiger partial charge in [-0.05, 0) is 40.3 Å². The smallest absolute Gasteiger partial charge is 0.407 e. The van der Waals surface area contributed by atoms with E-state index in [9.17, 15) is 38.4 Å².